The third-order valence-corrected chi connectivity index (χ3v) is 13.2. The average Bonchev–Trinajstić information content (AvgIpc) is 3.16. The number of benzene rings is 4. The van der Waals surface area contributed by atoms with E-state index in [9.17, 15) is 48.7 Å². The van der Waals surface area contributed by atoms with Gasteiger partial charge < -0.3 is 27.0 Å². The maximum atomic E-state index is 14.0. The zero-order chi connectivity index (χ0) is 44.2. The van der Waals surface area contributed by atoms with Crippen LogP contribution in [0.5, 0.6) is 0 Å². The highest BCUT2D eigenvalue weighted by molar-refractivity contribution is 7.94. The van der Waals surface area contributed by atoms with Gasteiger partial charge in [0.25, 0.3) is 26.1 Å². The van der Waals surface area contributed by atoms with Crippen molar-refractivity contribution in [2.24, 2.45) is 0 Å². The fourth-order valence-corrected chi connectivity index (χ4v) is 8.98. The molecule has 23 heteroatoms. The third-order valence-electron chi connectivity index (χ3n) is 9.46. The average molecular weight is 897 g/mol. The second kappa shape index (κ2) is 15.7. The number of carbonyl (C=O) groups excluding carboxylic acids is 3. The zero-order valence-electron chi connectivity index (χ0n) is 31.6. The van der Waals surface area contributed by atoms with E-state index >= 15 is 0 Å². The Morgan fingerprint density at radius 2 is 1.35 bits per heavy atom. The van der Waals surface area contributed by atoms with Crippen molar-refractivity contribution in [1.29, 1.82) is 0 Å². The largest absolute Gasteiger partial charge is 0.397 e. The van der Waals surface area contributed by atoms with Crippen molar-refractivity contribution in [2.45, 2.75) is 42.9 Å². The molecular weight excluding hydrogens is 864 g/mol. The molecule has 4 aromatic carbocycles. The quantitative estimate of drug-likeness (QED) is 0.0616. The molecule has 1 aliphatic rings. The lowest BCUT2D eigenvalue weighted by atomic mass is 9.82. The minimum absolute atomic E-state index is 0.0294. The van der Waals surface area contributed by atoms with Crippen LogP contribution in [-0.4, -0.2) is 72.2 Å². The molecule has 0 fully saturated rings. The number of rotatable bonds is 12. The lowest BCUT2D eigenvalue weighted by molar-refractivity contribution is 0.0949. The molecule has 1 aliphatic carbocycles. The molecule has 1 unspecified atom stereocenters. The smallest absolute Gasteiger partial charge is 0.296 e. The van der Waals surface area contributed by atoms with Crippen molar-refractivity contribution in [1.82, 2.24) is 20.3 Å². The van der Waals surface area contributed by atoms with Gasteiger partial charge in [-0.25, -0.2) is 8.42 Å². The number of anilines is 7. The van der Waals surface area contributed by atoms with Crippen LogP contribution < -0.4 is 27.0 Å². The summed E-state index contributed by atoms with van der Waals surface area (Å²) in [6, 6.07) is 12.4. The van der Waals surface area contributed by atoms with Crippen LogP contribution in [0, 0.1) is 20.8 Å². The summed E-state index contributed by atoms with van der Waals surface area (Å²) in [6.45, 7) is 8.69. The minimum Gasteiger partial charge on any atom is -0.397 e. The summed E-state index contributed by atoms with van der Waals surface area (Å²) in [5, 5.41) is 10.1. The number of carbonyl (C=O) groups is 3. The summed E-state index contributed by atoms with van der Waals surface area (Å²) >= 11 is 6.26. The molecule has 5 aromatic rings. The molecule has 0 radical (unpaired) electrons. The van der Waals surface area contributed by atoms with Gasteiger partial charge in [0.1, 0.15) is 15.2 Å². The molecule has 0 spiro atoms. The van der Waals surface area contributed by atoms with Crippen LogP contribution in [0.3, 0.4) is 0 Å². The first-order valence-electron chi connectivity index (χ1n) is 17.2. The second-order valence-corrected chi connectivity index (χ2v) is 18.6. The summed E-state index contributed by atoms with van der Waals surface area (Å²) in [5.41, 5.74) is 4.29. The number of hydrogen-bond acceptors (Lipinski definition) is 16. The molecule has 6 rings (SSSR count). The van der Waals surface area contributed by atoms with Crippen LogP contribution in [0.1, 0.15) is 65.8 Å². The highest BCUT2D eigenvalue weighted by Crippen LogP contribution is 2.44. The molecule has 1 heterocycles. The summed E-state index contributed by atoms with van der Waals surface area (Å²) in [7, 11) is -14.0. The van der Waals surface area contributed by atoms with Gasteiger partial charge in [-0.3, -0.25) is 23.5 Å². The van der Waals surface area contributed by atoms with E-state index in [1.165, 1.54) is 76.2 Å². The number of aromatic nitrogens is 3. The van der Waals surface area contributed by atoms with Crippen molar-refractivity contribution in [3.05, 3.63) is 116 Å². The Kier molecular flexibility index (Phi) is 11.3. The van der Waals surface area contributed by atoms with Crippen LogP contribution in [0.2, 0.25) is 5.28 Å². The first-order chi connectivity index (χ1) is 27.9. The summed E-state index contributed by atoms with van der Waals surface area (Å²) in [4.78, 5) is 51.5. The monoisotopic (exact) mass is 896 g/mol. The summed E-state index contributed by atoms with van der Waals surface area (Å²) in [5.74, 6) is -2.72. The van der Waals surface area contributed by atoms with Gasteiger partial charge in [0.05, 0.1) is 28.2 Å². The first-order valence-corrected chi connectivity index (χ1v) is 22.0. The predicted octanol–water partition coefficient (Wildman–Crippen LogP) is 5.17. The normalized spacial score (nSPS) is 13.2. The molecule has 1 atom stereocenters. The molecule has 0 saturated heterocycles. The maximum absolute atomic E-state index is 14.0. The van der Waals surface area contributed by atoms with Crippen LogP contribution in [0.15, 0.2) is 76.4 Å². The molecule has 8 N–H and O–H groups in total. The third kappa shape index (κ3) is 8.15. The molecule has 0 aliphatic heterocycles. The Morgan fingerprint density at radius 1 is 0.783 bits per heavy atom. The second-order valence-electron chi connectivity index (χ2n) is 13.3. The van der Waals surface area contributed by atoms with E-state index in [1.54, 1.807) is 0 Å². The van der Waals surface area contributed by atoms with Crippen LogP contribution >= 0.6 is 11.6 Å². The lowest BCUT2D eigenvalue weighted by Crippen LogP contribution is -2.37. The Morgan fingerprint density at radius 3 is 1.92 bits per heavy atom. The lowest BCUT2D eigenvalue weighted by Gasteiger charge is -2.26. The van der Waals surface area contributed by atoms with E-state index in [0.717, 1.165) is 11.5 Å². The number of amides is 1. The topological polar surface area (TPSA) is 307 Å². The highest BCUT2D eigenvalue weighted by Gasteiger charge is 2.37. The van der Waals surface area contributed by atoms with Gasteiger partial charge in [-0.05, 0) is 80.3 Å². The number of ketones is 2. The number of halogens is 1. The maximum Gasteiger partial charge on any atom is 0.296 e. The molecular formula is C37H33ClN8O11S3. The van der Waals surface area contributed by atoms with Crippen LogP contribution in [0.25, 0.3) is 0 Å². The minimum atomic E-state index is -5.12. The Bertz CT molecular complexity index is 3070. The van der Waals surface area contributed by atoms with Gasteiger partial charge in [-0.2, -0.15) is 31.8 Å². The Balaban J connectivity index is 1.44. The number of nitrogens with one attached hydrogen (secondary N) is 4. The number of fused-ring (bicyclic) bond motifs is 2. The van der Waals surface area contributed by atoms with Gasteiger partial charge in [0, 0.05) is 33.5 Å². The van der Waals surface area contributed by atoms with Crippen molar-refractivity contribution in [2.75, 3.05) is 21.7 Å². The molecule has 312 valence electrons. The van der Waals surface area contributed by atoms with Crippen molar-refractivity contribution in [3.63, 3.8) is 0 Å². The van der Waals surface area contributed by atoms with Gasteiger partial charge in [0.2, 0.25) is 17.2 Å². The number of nitrogen functional groups attached to an aromatic ring is 1. The van der Waals surface area contributed by atoms with Gasteiger partial charge >= 0.3 is 0 Å². The fraction of sp³-hybridized carbons (Fsp3) is 0.135. The van der Waals surface area contributed by atoms with E-state index in [2.05, 4.69) is 42.8 Å². The molecule has 60 heavy (non-hydrogen) atoms. The Labute approximate surface area is 347 Å². The predicted molar refractivity (Wildman–Crippen MR) is 222 cm³/mol. The van der Waals surface area contributed by atoms with Crippen LogP contribution in [-0.2, 0) is 30.1 Å². The number of sulfone groups is 1. The number of hydrogen-bond donors (Lipinski definition) is 7. The van der Waals surface area contributed by atoms with Crippen molar-refractivity contribution < 1.29 is 48.7 Å². The fourth-order valence-electron chi connectivity index (χ4n) is 6.63. The summed E-state index contributed by atoms with van der Waals surface area (Å²) in [6.07, 6.45) is 0. The number of nitrogens with zero attached hydrogens (tertiary/aromatic N) is 3. The van der Waals surface area contributed by atoms with E-state index in [4.69, 9.17) is 17.3 Å². The molecule has 0 bridgehead atoms. The molecule has 19 nitrogen and oxygen atoms in total. The SMILES string of the molecule is C=CS(=O)(=O)C(C)NC(=O)c1cccc(Nc2nc(Cl)nc(Nc3c(C)c(Nc4cc(S(=O)(=O)O)c(N)c5c4C(=O)c4ccccc4C5=O)c(C)c(S(=O)(=O)O)c3C)n2)c1. The van der Waals surface area contributed by atoms with Crippen molar-refractivity contribution in [3.8, 4) is 0 Å². The zero-order valence-corrected chi connectivity index (χ0v) is 34.9. The van der Waals surface area contributed by atoms with Gasteiger partial charge in [0.15, 0.2) is 21.4 Å². The van der Waals surface area contributed by atoms with Gasteiger partial charge in [-0.1, -0.05) is 36.9 Å². The van der Waals surface area contributed by atoms with Gasteiger partial charge in [-0.15, -0.1) is 0 Å². The Hall–Kier alpha value is -6.30. The van der Waals surface area contributed by atoms with E-state index < -0.39 is 74.0 Å². The highest BCUT2D eigenvalue weighted by atomic mass is 35.5. The summed E-state index contributed by atoms with van der Waals surface area (Å²) < 4.78 is 95.7. The first kappa shape index (κ1) is 43.3. The van der Waals surface area contributed by atoms with E-state index in [-0.39, 0.29) is 78.9 Å². The van der Waals surface area contributed by atoms with Crippen LogP contribution in [0.4, 0.5) is 40.3 Å². The number of nitrogens with two attached hydrogens (primary N) is 1. The van der Waals surface area contributed by atoms with E-state index in [0.29, 0.717) is 0 Å². The molecule has 1 aromatic heterocycles. The standard InChI is InChI=1S/C37H33ClN8O11S3/c1-6-58(50,51)19(5)40-34(49)20-10-9-11-21(14-20)41-36-44-35(38)45-37(46-36)43-30-16(2)29(17(3)33(18(30)4)60(55,56)57)42-24-15-25(59(52,53)54)28(39)27-26(24)31(47)22-12-7-8-13-23(22)32(27)48/h6-15,19,42H,1,39H2,2-5H3,(H,40,49)(H,52,53,54)(H,55,56,57)(H2,41,43,44,45,46). The molecule has 1 amide bonds. The van der Waals surface area contributed by atoms with Crippen molar-refractivity contribution >= 4 is 99.5 Å². The molecule has 0 saturated carbocycles. The van der Waals surface area contributed by atoms with E-state index in [1.807, 2.05) is 0 Å².